The largest absolute Gasteiger partial charge is 0.497 e. The average Bonchev–Trinajstić information content (AvgIpc) is 3.36. The number of carbonyl (C=O) groups is 1. The standard InChI is InChI=1S/C26H25N3O3/c1-31-22-12-13-25(32-2)24(16-22)26(30)27-17-21-6-3-4-7-23(21)20-10-8-19(9-11-20)18-29-15-5-14-28-29/h3-16H,17-18H2,1-2H3,(H,27,30). The number of amides is 1. The summed E-state index contributed by atoms with van der Waals surface area (Å²) in [4.78, 5) is 12.9. The molecule has 0 radical (unpaired) electrons. The lowest BCUT2D eigenvalue weighted by Crippen LogP contribution is -2.23. The quantitative estimate of drug-likeness (QED) is 0.448. The van der Waals surface area contributed by atoms with Crippen molar-refractivity contribution in [2.45, 2.75) is 13.1 Å². The first-order valence-electron chi connectivity index (χ1n) is 10.3. The monoisotopic (exact) mass is 427 g/mol. The van der Waals surface area contributed by atoms with Crippen LogP contribution in [0.4, 0.5) is 0 Å². The number of benzene rings is 3. The number of carbonyl (C=O) groups excluding carboxylic acids is 1. The fraction of sp³-hybridized carbons (Fsp3) is 0.154. The minimum Gasteiger partial charge on any atom is -0.497 e. The number of nitrogens with one attached hydrogen (secondary N) is 1. The van der Waals surface area contributed by atoms with Gasteiger partial charge in [-0.25, -0.2) is 0 Å². The summed E-state index contributed by atoms with van der Waals surface area (Å²) in [5.41, 5.74) is 4.82. The van der Waals surface area contributed by atoms with E-state index in [1.807, 2.05) is 35.1 Å². The van der Waals surface area contributed by atoms with Crippen LogP contribution in [0.1, 0.15) is 21.5 Å². The first-order chi connectivity index (χ1) is 15.7. The summed E-state index contributed by atoms with van der Waals surface area (Å²) in [5.74, 6) is 0.890. The Kier molecular flexibility index (Phi) is 6.51. The zero-order valence-corrected chi connectivity index (χ0v) is 18.1. The molecule has 0 aliphatic heterocycles. The maximum absolute atomic E-state index is 12.9. The number of ether oxygens (including phenoxy) is 2. The van der Waals surface area contributed by atoms with Crippen molar-refractivity contribution >= 4 is 5.91 Å². The predicted molar refractivity (Wildman–Crippen MR) is 124 cm³/mol. The Balaban J connectivity index is 1.50. The molecule has 1 aromatic heterocycles. The molecule has 4 rings (SSSR count). The normalized spacial score (nSPS) is 10.6. The van der Waals surface area contributed by atoms with E-state index in [2.05, 4.69) is 40.7 Å². The second-order valence-electron chi connectivity index (χ2n) is 7.31. The van der Waals surface area contributed by atoms with Gasteiger partial charge in [-0.05, 0) is 46.5 Å². The van der Waals surface area contributed by atoms with Crippen LogP contribution >= 0.6 is 0 Å². The van der Waals surface area contributed by atoms with Crippen molar-refractivity contribution in [1.82, 2.24) is 15.1 Å². The highest BCUT2D eigenvalue weighted by Crippen LogP contribution is 2.26. The van der Waals surface area contributed by atoms with E-state index in [0.29, 0.717) is 23.6 Å². The smallest absolute Gasteiger partial charge is 0.255 e. The van der Waals surface area contributed by atoms with Gasteiger partial charge in [-0.2, -0.15) is 5.10 Å². The first-order valence-corrected chi connectivity index (χ1v) is 10.3. The molecule has 0 spiro atoms. The molecule has 1 N–H and O–H groups in total. The number of hydrogen-bond acceptors (Lipinski definition) is 4. The van der Waals surface area contributed by atoms with E-state index in [1.54, 1.807) is 38.6 Å². The number of hydrogen-bond donors (Lipinski definition) is 1. The number of methoxy groups -OCH3 is 2. The Morgan fingerprint density at radius 3 is 2.50 bits per heavy atom. The van der Waals surface area contributed by atoms with E-state index < -0.39 is 0 Å². The summed E-state index contributed by atoms with van der Waals surface area (Å²) < 4.78 is 12.5. The molecule has 0 bridgehead atoms. The molecule has 0 aliphatic carbocycles. The molecule has 162 valence electrons. The highest BCUT2D eigenvalue weighted by molar-refractivity contribution is 5.97. The molecular weight excluding hydrogens is 402 g/mol. The number of nitrogens with zero attached hydrogens (tertiary/aromatic N) is 2. The zero-order valence-electron chi connectivity index (χ0n) is 18.1. The van der Waals surface area contributed by atoms with Crippen LogP contribution < -0.4 is 14.8 Å². The van der Waals surface area contributed by atoms with Crippen LogP contribution in [0.3, 0.4) is 0 Å². The van der Waals surface area contributed by atoms with Crippen molar-refractivity contribution in [3.63, 3.8) is 0 Å². The Hall–Kier alpha value is -4.06. The third-order valence-corrected chi connectivity index (χ3v) is 5.28. The van der Waals surface area contributed by atoms with Crippen LogP contribution in [0.5, 0.6) is 11.5 Å². The Morgan fingerprint density at radius 1 is 0.969 bits per heavy atom. The first kappa shape index (κ1) is 21.2. The van der Waals surface area contributed by atoms with Gasteiger partial charge in [0.15, 0.2) is 0 Å². The van der Waals surface area contributed by atoms with Crippen LogP contribution in [0.15, 0.2) is 85.2 Å². The molecule has 0 fully saturated rings. The molecule has 4 aromatic rings. The molecule has 1 amide bonds. The summed E-state index contributed by atoms with van der Waals surface area (Å²) in [7, 11) is 3.12. The Labute approximate surface area is 187 Å². The second kappa shape index (κ2) is 9.83. The van der Waals surface area contributed by atoms with Crippen molar-refractivity contribution in [2.24, 2.45) is 0 Å². The topological polar surface area (TPSA) is 65.4 Å². The van der Waals surface area contributed by atoms with E-state index >= 15 is 0 Å². The highest BCUT2D eigenvalue weighted by Gasteiger charge is 2.14. The summed E-state index contributed by atoms with van der Waals surface area (Å²) in [5, 5.41) is 7.26. The minimum atomic E-state index is -0.217. The molecular formula is C26H25N3O3. The van der Waals surface area contributed by atoms with Crippen LogP contribution in [0, 0.1) is 0 Å². The molecule has 1 heterocycles. The van der Waals surface area contributed by atoms with E-state index in [0.717, 1.165) is 23.2 Å². The number of aromatic nitrogens is 2. The van der Waals surface area contributed by atoms with Gasteiger partial charge in [-0.1, -0.05) is 48.5 Å². The van der Waals surface area contributed by atoms with Crippen molar-refractivity contribution in [3.8, 4) is 22.6 Å². The predicted octanol–water partition coefficient (Wildman–Crippen LogP) is 4.55. The lowest BCUT2D eigenvalue weighted by atomic mass is 9.98. The van der Waals surface area contributed by atoms with Gasteiger partial charge in [-0.3, -0.25) is 9.48 Å². The van der Waals surface area contributed by atoms with Gasteiger partial charge < -0.3 is 14.8 Å². The van der Waals surface area contributed by atoms with Crippen LogP contribution in [-0.4, -0.2) is 29.9 Å². The lowest BCUT2D eigenvalue weighted by Gasteiger charge is -2.13. The summed E-state index contributed by atoms with van der Waals surface area (Å²) >= 11 is 0. The van der Waals surface area contributed by atoms with Crippen molar-refractivity contribution in [1.29, 1.82) is 0 Å². The van der Waals surface area contributed by atoms with E-state index in [-0.39, 0.29) is 5.91 Å². The molecule has 0 saturated heterocycles. The molecule has 0 unspecified atom stereocenters. The fourth-order valence-electron chi connectivity index (χ4n) is 3.59. The molecule has 0 saturated carbocycles. The maximum Gasteiger partial charge on any atom is 0.255 e. The third-order valence-electron chi connectivity index (χ3n) is 5.28. The summed E-state index contributed by atoms with van der Waals surface area (Å²) in [6, 6.07) is 23.6. The molecule has 3 aromatic carbocycles. The number of rotatable bonds is 8. The Morgan fingerprint density at radius 2 is 1.78 bits per heavy atom. The van der Waals surface area contributed by atoms with Gasteiger partial charge in [-0.15, -0.1) is 0 Å². The Bertz CT molecular complexity index is 1190. The van der Waals surface area contributed by atoms with Crippen LogP contribution in [0.2, 0.25) is 0 Å². The van der Waals surface area contributed by atoms with Crippen molar-refractivity contribution < 1.29 is 14.3 Å². The van der Waals surface area contributed by atoms with Crippen molar-refractivity contribution in [2.75, 3.05) is 14.2 Å². The fourth-order valence-corrected chi connectivity index (χ4v) is 3.59. The molecule has 32 heavy (non-hydrogen) atoms. The highest BCUT2D eigenvalue weighted by atomic mass is 16.5. The zero-order chi connectivity index (χ0) is 22.3. The molecule has 6 nitrogen and oxygen atoms in total. The minimum absolute atomic E-state index is 0.217. The van der Waals surface area contributed by atoms with Gasteiger partial charge in [0, 0.05) is 18.9 Å². The second-order valence-corrected chi connectivity index (χ2v) is 7.31. The van der Waals surface area contributed by atoms with Crippen molar-refractivity contribution in [3.05, 3.63) is 102 Å². The van der Waals surface area contributed by atoms with E-state index in [1.165, 1.54) is 5.56 Å². The molecule has 0 atom stereocenters. The van der Waals surface area contributed by atoms with E-state index in [4.69, 9.17) is 9.47 Å². The van der Waals surface area contributed by atoms with Crippen LogP contribution in [0.25, 0.3) is 11.1 Å². The van der Waals surface area contributed by atoms with Crippen LogP contribution in [-0.2, 0) is 13.1 Å². The van der Waals surface area contributed by atoms with E-state index in [9.17, 15) is 4.79 Å². The van der Waals surface area contributed by atoms with Gasteiger partial charge >= 0.3 is 0 Å². The molecule has 6 heteroatoms. The van der Waals surface area contributed by atoms with Gasteiger partial charge in [0.05, 0.1) is 26.3 Å². The summed E-state index contributed by atoms with van der Waals surface area (Å²) in [6.45, 7) is 1.12. The SMILES string of the molecule is COc1ccc(OC)c(C(=O)NCc2ccccc2-c2ccc(Cn3cccn3)cc2)c1. The third kappa shape index (κ3) is 4.81. The van der Waals surface area contributed by atoms with Gasteiger partial charge in [0.2, 0.25) is 0 Å². The molecule has 0 aliphatic rings. The maximum atomic E-state index is 12.9. The summed E-state index contributed by atoms with van der Waals surface area (Å²) in [6.07, 6.45) is 3.73. The van der Waals surface area contributed by atoms with Gasteiger partial charge in [0.25, 0.3) is 5.91 Å². The lowest BCUT2D eigenvalue weighted by molar-refractivity contribution is 0.0947. The average molecular weight is 428 g/mol. The van der Waals surface area contributed by atoms with Gasteiger partial charge in [0.1, 0.15) is 11.5 Å².